The monoisotopic (exact) mass is 1070 g/mol. The van der Waals surface area contributed by atoms with Crippen LogP contribution in [-0.2, 0) is 28.6 Å². The molecule has 0 fully saturated rings. The third kappa shape index (κ3) is 63.3. The molecule has 0 aromatic heterocycles. The van der Waals surface area contributed by atoms with Crippen LogP contribution in [0.15, 0.2) is 85.1 Å². The largest absolute Gasteiger partial charge is 0.462 e. The minimum absolute atomic E-state index is 0.0826. The van der Waals surface area contributed by atoms with Gasteiger partial charge in [-0.1, -0.05) is 279 Å². The van der Waals surface area contributed by atoms with Gasteiger partial charge in [-0.3, -0.25) is 14.4 Å². The highest BCUT2D eigenvalue weighted by Gasteiger charge is 2.19. The van der Waals surface area contributed by atoms with E-state index >= 15 is 0 Å². The molecule has 1 atom stereocenters. The molecule has 0 saturated heterocycles. The van der Waals surface area contributed by atoms with E-state index in [1.54, 1.807) is 0 Å². The number of carbonyl (C=O) groups excluding carboxylic acids is 3. The Kier molecular flexibility index (Phi) is 62.2. The molecule has 0 saturated carbocycles. The van der Waals surface area contributed by atoms with Crippen molar-refractivity contribution in [2.45, 2.75) is 335 Å². The van der Waals surface area contributed by atoms with Crippen molar-refractivity contribution in [1.82, 2.24) is 0 Å². The maximum Gasteiger partial charge on any atom is 0.306 e. The quantitative estimate of drug-likeness (QED) is 0.0261. The van der Waals surface area contributed by atoms with Crippen LogP contribution in [0.1, 0.15) is 329 Å². The third-order valence-corrected chi connectivity index (χ3v) is 14.4. The maximum atomic E-state index is 12.9. The minimum Gasteiger partial charge on any atom is -0.462 e. The van der Waals surface area contributed by atoms with Crippen LogP contribution in [0, 0.1) is 0 Å². The molecule has 0 N–H and O–H groups in total. The highest BCUT2D eigenvalue weighted by molar-refractivity contribution is 5.71. The summed E-state index contributed by atoms with van der Waals surface area (Å²) in [5.74, 6) is -0.888. The second kappa shape index (κ2) is 65.1. The SMILES string of the molecule is CC/C=C\C/C=C\C/C=C\C/C=C\C/C=C\CCCCCCCCCC(=O)OCC(COC(=O)CCCCCCCCC/C=C\CCCCCCCCC)OC(=O)CCCCCCCCC/C=C\CCCCCCCCC. The molecule has 444 valence electrons. The number of ether oxygens (including phenoxy) is 3. The molecule has 0 aromatic rings. The van der Waals surface area contributed by atoms with Crippen molar-refractivity contribution in [1.29, 1.82) is 0 Å². The highest BCUT2D eigenvalue weighted by atomic mass is 16.6. The third-order valence-electron chi connectivity index (χ3n) is 14.4. The van der Waals surface area contributed by atoms with Gasteiger partial charge in [-0.15, -0.1) is 0 Å². The van der Waals surface area contributed by atoms with Gasteiger partial charge in [0.1, 0.15) is 13.2 Å². The highest BCUT2D eigenvalue weighted by Crippen LogP contribution is 2.16. The molecule has 0 aliphatic carbocycles. The summed E-state index contributed by atoms with van der Waals surface area (Å²) < 4.78 is 17.0. The van der Waals surface area contributed by atoms with Crippen LogP contribution in [0.4, 0.5) is 0 Å². The minimum atomic E-state index is -0.787. The second-order valence-corrected chi connectivity index (χ2v) is 22.0. The van der Waals surface area contributed by atoms with Crippen molar-refractivity contribution in [2.75, 3.05) is 13.2 Å². The maximum absolute atomic E-state index is 12.9. The fourth-order valence-corrected chi connectivity index (χ4v) is 9.40. The zero-order chi connectivity index (χ0) is 55.7. The molecule has 6 heteroatoms. The molecular formula is C71H124O6. The van der Waals surface area contributed by atoms with Gasteiger partial charge in [-0.25, -0.2) is 0 Å². The summed E-state index contributed by atoms with van der Waals surface area (Å²) >= 11 is 0. The van der Waals surface area contributed by atoms with Crippen LogP contribution in [0.25, 0.3) is 0 Å². The lowest BCUT2D eigenvalue weighted by molar-refractivity contribution is -0.167. The molecule has 77 heavy (non-hydrogen) atoms. The molecule has 0 bridgehead atoms. The van der Waals surface area contributed by atoms with Crippen molar-refractivity contribution < 1.29 is 28.6 Å². The van der Waals surface area contributed by atoms with Gasteiger partial charge in [0, 0.05) is 19.3 Å². The van der Waals surface area contributed by atoms with E-state index in [9.17, 15) is 14.4 Å². The Morgan fingerprint density at radius 1 is 0.273 bits per heavy atom. The van der Waals surface area contributed by atoms with Crippen LogP contribution in [0.2, 0.25) is 0 Å². The lowest BCUT2D eigenvalue weighted by Crippen LogP contribution is -2.30. The van der Waals surface area contributed by atoms with Gasteiger partial charge < -0.3 is 14.2 Å². The van der Waals surface area contributed by atoms with Crippen molar-refractivity contribution in [3.05, 3.63) is 85.1 Å². The van der Waals surface area contributed by atoms with Crippen LogP contribution < -0.4 is 0 Å². The molecule has 0 spiro atoms. The predicted molar refractivity (Wildman–Crippen MR) is 334 cm³/mol. The van der Waals surface area contributed by atoms with Crippen molar-refractivity contribution in [2.24, 2.45) is 0 Å². The normalized spacial score (nSPS) is 12.6. The fourth-order valence-electron chi connectivity index (χ4n) is 9.40. The van der Waals surface area contributed by atoms with Crippen LogP contribution >= 0.6 is 0 Å². The van der Waals surface area contributed by atoms with E-state index in [1.165, 1.54) is 193 Å². The van der Waals surface area contributed by atoms with Crippen LogP contribution in [0.3, 0.4) is 0 Å². The lowest BCUT2D eigenvalue weighted by Gasteiger charge is -2.18. The Balaban J connectivity index is 4.40. The average Bonchev–Trinajstić information content (AvgIpc) is 3.43. The van der Waals surface area contributed by atoms with E-state index in [0.29, 0.717) is 19.3 Å². The Bertz CT molecular complexity index is 1470. The summed E-state index contributed by atoms with van der Waals surface area (Å²) in [5.41, 5.74) is 0. The topological polar surface area (TPSA) is 78.9 Å². The Morgan fingerprint density at radius 2 is 0.506 bits per heavy atom. The first-order chi connectivity index (χ1) is 38.0. The summed E-state index contributed by atoms with van der Waals surface area (Å²) in [6.07, 6.45) is 85.8. The number of rotatable bonds is 60. The molecule has 1 unspecified atom stereocenters. The summed E-state index contributed by atoms with van der Waals surface area (Å²) in [4.78, 5) is 38.4. The number of esters is 3. The second-order valence-electron chi connectivity index (χ2n) is 22.0. The molecule has 0 amide bonds. The molecule has 6 nitrogen and oxygen atoms in total. The van der Waals surface area contributed by atoms with Gasteiger partial charge in [0.2, 0.25) is 0 Å². The predicted octanol–water partition coefficient (Wildman–Crippen LogP) is 22.7. The Labute approximate surface area is 477 Å². The number of carbonyl (C=O) groups is 3. The molecule has 0 radical (unpaired) electrons. The molecule has 0 aliphatic rings. The van der Waals surface area contributed by atoms with Gasteiger partial charge in [0.15, 0.2) is 6.10 Å². The number of hydrogen-bond acceptors (Lipinski definition) is 6. The smallest absolute Gasteiger partial charge is 0.306 e. The summed E-state index contributed by atoms with van der Waals surface area (Å²) in [6, 6.07) is 0. The van der Waals surface area contributed by atoms with Crippen molar-refractivity contribution in [3.63, 3.8) is 0 Å². The first kappa shape index (κ1) is 73.6. The van der Waals surface area contributed by atoms with E-state index in [0.717, 1.165) is 96.3 Å². The number of allylic oxidation sites excluding steroid dienone is 14. The van der Waals surface area contributed by atoms with Gasteiger partial charge in [0.05, 0.1) is 0 Å². The van der Waals surface area contributed by atoms with Gasteiger partial charge in [-0.2, -0.15) is 0 Å². The first-order valence-electron chi connectivity index (χ1n) is 33.1. The van der Waals surface area contributed by atoms with Crippen molar-refractivity contribution in [3.8, 4) is 0 Å². The van der Waals surface area contributed by atoms with E-state index in [4.69, 9.17) is 14.2 Å². The van der Waals surface area contributed by atoms with Crippen LogP contribution in [-0.4, -0.2) is 37.2 Å². The molecule has 0 aliphatic heterocycles. The summed E-state index contributed by atoms with van der Waals surface area (Å²) in [5, 5.41) is 0. The molecule has 0 heterocycles. The van der Waals surface area contributed by atoms with Gasteiger partial charge in [0.25, 0.3) is 0 Å². The van der Waals surface area contributed by atoms with Gasteiger partial charge in [-0.05, 0) is 116 Å². The zero-order valence-electron chi connectivity index (χ0n) is 51.0. The number of hydrogen-bond donors (Lipinski definition) is 0. The Morgan fingerprint density at radius 3 is 0.805 bits per heavy atom. The zero-order valence-corrected chi connectivity index (χ0v) is 51.0. The van der Waals surface area contributed by atoms with E-state index in [-0.39, 0.29) is 31.1 Å². The van der Waals surface area contributed by atoms with Crippen LogP contribution in [0.5, 0.6) is 0 Å². The summed E-state index contributed by atoms with van der Waals surface area (Å²) in [6.45, 7) is 6.55. The Hall–Kier alpha value is -3.41. The van der Waals surface area contributed by atoms with Crippen molar-refractivity contribution >= 4 is 17.9 Å². The van der Waals surface area contributed by atoms with E-state index < -0.39 is 6.10 Å². The molecular weight excluding hydrogens is 949 g/mol. The average molecular weight is 1070 g/mol. The summed E-state index contributed by atoms with van der Waals surface area (Å²) in [7, 11) is 0. The van der Waals surface area contributed by atoms with E-state index in [2.05, 4.69) is 106 Å². The first-order valence-corrected chi connectivity index (χ1v) is 33.1. The lowest BCUT2D eigenvalue weighted by atomic mass is 10.1. The fraction of sp³-hybridized carbons (Fsp3) is 0.761. The van der Waals surface area contributed by atoms with E-state index in [1.807, 2.05) is 0 Å². The standard InChI is InChI=1S/C71H124O6/c1-4-7-10-13-16-19-22-25-28-31-34-35-36-37-38-41-43-46-49-52-55-58-61-64-70(73)76-67-68(77-71(74)65-62-59-56-53-50-47-44-40-33-30-27-24-21-18-15-12-9-6-3)66-75-69(72)63-60-57-54-51-48-45-42-39-32-29-26-23-20-17-14-11-8-5-2/h7,10,16,19,25,28-30,32-35,37-38,68H,4-6,8-9,11-15,17-18,20-24,26-27,31,36,39-67H2,1-3H3/b10-7-,19-16-,28-25-,32-29-,33-30-,35-34-,38-37-. The molecule has 0 rings (SSSR count). The van der Waals surface area contributed by atoms with Gasteiger partial charge >= 0.3 is 17.9 Å². The number of unbranched alkanes of at least 4 members (excludes halogenated alkanes) is 35. The molecule has 0 aromatic carbocycles.